The Morgan fingerprint density at radius 2 is 1.56 bits per heavy atom. The van der Waals surface area contributed by atoms with Gasteiger partial charge in [0.05, 0.1) is 13.2 Å². The minimum absolute atomic E-state index is 0.105. The molecular weight excluding hydrogens is 465 g/mol. The van der Waals surface area contributed by atoms with E-state index in [9.17, 15) is 27.6 Å². The summed E-state index contributed by atoms with van der Waals surface area (Å²) in [6, 6.07) is 6.21. The van der Waals surface area contributed by atoms with Crippen LogP contribution < -0.4 is 0 Å². The zero-order chi connectivity index (χ0) is 25.1. The summed E-state index contributed by atoms with van der Waals surface area (Å²) >= 11 is 0. The van der Waals surface area contributed by atoms with Crippen LogP contribution in [0.3, 0.4) is 0 Å². The first-order valence-corrected chi connectivity index (χ1v) is 10.2. The van der Waals surface area contributed by atoms with Crippen LogP contribution in [0.1, 0.15) is 19.4 Å². The maximum atomic E-state index is 14.2. The highest BCUT2D eigenvalue weighted by atomic mass is 19.4. The van der Waals surface area contributed by atoms with Gasteiger partial charge in [-0.2, -0.15) is 13.2 Å². The minimum atomic E-state index is -5.22. The molecule has 1 saturated heterocycles. The lowest BCUT2D eigenvalue weighted by atomic mass is 9.90. The van der Waals surface area contributed by atoms with E-state index < -0.39 is 59.3 Å². The van der Waals surface area contributed by atoms with Crippen LogP contribution in [-0.2, 0) is 48.4 Å². The average Bonchev–Trinajstić information content (AvgIpc) is 3.22. The van der Waals surface area contributed by atoms with E-state index in [1.54, 1.807) is 0 Å². The van der Waals surface area contributed by atoms with E-state index in [2.05, 4.69) is 0 Å². The number of alkyl halides is 3. The van der Waals surface area contributed by atoms with Gasteiger partial charge in [0.25, 0.3) is 5.60 Å². The number of methoxy groups -OCH3 is 1. The molecule has 1 aliphatic heterocycles. The van der Waals surface area contributed by atoms with E-state index in [1.807, 2.05) is 0 Å². The molecular formula is C22H23F3O9. The molecule has 0 radical (unpaired) electrons. The van der Waals surface area contributed by atoms with Gasteiger partial charge < -0.3 is 28.4 Å². The van der Waals surface area contributed by atoms with E-state index >= 15 is 0 Å². The molecule has 0 bridgehead atoms. The van der Waals surface area contributed by atoms with Gasteiger partial charge in [0.1, 0.15) is 0 Å². The Balaban J connectivity index is 2.03. The topological polar surface area (TPSA) is 107 Å². The van der Waals surface area contributed by atoms with E-state index in [0.717, 1.165) is 39.2 Å². The zero-order valence-electron chi connectivity index (χ0n) is 18.5. The molecule has 186 valence electrons. The van der Waals surface area contributed by atoms with Crippen molar-refractivity contribution in [1.82, 2.24) is 0 Å². The Morgan fingerprint density at radius 1 is 0.971 bits per heavy atom. The van der Waals surface area contributed by atoms with Crippen molar-refractivity contribution in [3.05, 3.63) is 48.0 Å². The Morgan fingerprint density at radius 3 is 2.06 bits per heavy atom. The molecule has 1 aliphatic carbocycles. The molecule has 0 amide bonds. The first-order valence-electron chi connectivity index (χ1n) is 10.2. The quantitative estimate of drug-likeness (QED) is 0.338. The predicted molar refractivity (Wildman–Crippen MR) is 106 cm³/mol. The highest BCUT2D eigenvalue weighted by molar-refractivity contribution is 5.83. The Hall–Kier alpha value is -2.96. The summed E-state index contributed by atoms with van der Waals surface area (Å²) < 4.78 is 74.2. The number of carbonyl (C=O) groups excluding carboxylic acids is 3. The third kappa shape index (κ3) is 4.65. The fourth-order valence-electron chi connectivity index (χ4n) is 3.89. The molecule has 0 saturated carbocycles. The molecule has 1 heterocycles. The second-order valence-corrected chi connectivity index (χ2v) is 7.50. The summed E-state index contributed by atoms with van der Waals surface area (Å²) in [4.78, 5) is 36.6. The van der Waals surface area contributed by atoms with E-state index in [1.165, 1.54) is 24.3 Å². The summed E-state index contributed by atoms with van der Waals surface area (Å²) in [7, 11) is 0.721. The molecule has 0 aromatic heterocycles. The average molecular weight is 488 g/mol. The molecule has 2 aliphatic rings. The normalized spacial score (nSPS) is 25.4. The van der Waals surface area contributed by atoms with Crippen molar-refractivity contribution in [1.29, 1.82) is 0 Å². The maximum Gasteiger partial charge on any atom is 0.432 e. The molecule has 9 nitrogen and oxygen atoms in total. The fourth-order valence-corrected chi connectivity index (χ4v) is 3.89. The molecule has 12 heteroatoms. The van der Waals surface area contributed by atoms with Gasteiger partial charge in [-0.1, -0.05) is 30.3 Å². The maximum absolute atomic E-state index is 14.2. The van der Waals surface area contributed by atoms with Gasteiger partial charge in [-0.25, -0.2) is 4.79 Å². The molecule has 34 heavy (non-hydrogen) atoms. The zero-order valence-corrected chi connectivity index (χ0v) is 18.5. The Kier molecular flexibility index (Phi) is 7.34. The van der Waals surface area contributed by atoms with Gasteiger partial charge in [-0.3, -0.25) is 9.59 Å². The van der Waals surface area contributed by atoms with E-state index in [0.29, 0.717) is 0 Å². The molecule has 1 aromatic rings. The number of hydrogen-bond donors (Lipinski definition) is 0. The van der Waals surface area contributed by atoms with Crippen molar-refractivity contribution in [3.8, 4) is 0 Å². The highest BCUT2D eigenvalue weighted by Crippen LogP contribution is 2.44. The Labute approximate surface area is 192 Å². The van der Waals surface area contributed by atoms with Gasteiger partial charge in [-0.15, -0.1) is 0 Å². The van der Waals surface area contributed by atoms with Crippen LogP contribution >= 0.6 is 0 Å². The third-order valence-electron chi connectivity index (χ3n) is 5.29. The smallest absolute Gasteiger partial charge is 0.432 e. The minimum Gasteiger partial charge on any atom is -0.454 e. The number of benzene rings is 1. The van der Waals surface area contributed by atoms with Crippen LogP contribution in [0.15, 0.2) is 42.5 Å². The molecule has 1 aromatic carbocycles. The number of ether oxygens (including phenoxy) is 6. The van der Waals surface area contributed by atoms with Crippen LogP contribution in [0, 0.1) is 0 Å². The van der Waals surface area contributed by atoms with Crippen LogP contribution in [-0.4, -0.2) is 68.5 Å². The predicted octanol–water partition coefficient (Wildman–Crippen LogP) is 2.18. The van der Waals surface area contributed by atoms with Gasteiger partial charge in [-0.05, 0) is 12.2 Å². The summed E-state index contributed by atoms with van der Waals surface area (Å²) in [5.74, 6) is -5.17. The lowest BCUT2D eigenvalue weighted by Gasteiger charge is -2.42. The number of rotatable bonds is 6. The standard InChI is InChI=1S/C22H23F3O9/c1-13(26)32-17-16(9-10-20(30-11-12-31-20)18(17)33-14(2)27)34-19(28)21(29-3,22(23,24)25)15-7-5-4-6-8-15/h4-10,16-18H,11-12H2,1-3H3/t16-,17-,18-,21+/m1/s1. The van der Waals surface area contributed by atoms with Crippen LogP contribution in [0.25, 0.3) is 0 Å². The van der Waals surface area contributed by atoms with Gasteiger partial charge >= 0.3 is 24.1 Å². The van der Waals surface area contributed by atoms with E-state index in [4.69, 9.17) is 28.4 Å². The molecule has 0 N–H and O–H groups in total. The van der Waals surface area contributed by atoms with Crippen molar-refractivity contribution in [2.45, 2.75) is 49.7 Å². The molecule has 4 atom stereocenters. The van der Waals surface area contributed by atoms with Gasteiger partial charge in [0.15, 0.2) is 18.3 Å². The van der Waals surface area contributed by atoms with Crippen LogP contribution in [0.4, 0.5) is 13.2 Å². The molecule has 0 unspecified atom stereocenters. The number of esters is 3. The van der Waals surface area contributed by atoms with Crippen molar-refractivity contribution >= 4 is 17.9 Å². The first-order chi connectivity index (χ1) is 16.0. The van der Waals surface area contributed by atoms with Crippen LogP contribution in [0.5, 0.6) is 0 Å². The summed E-state index contributed by atoms with van der Waals surface area (Å²) in [5.41, 5.74) is -4.00. The summed E-state index contributed by atoms with van der Waals surface area (Å²) in [5, 5.41) is 0. The number of carbonyl (C=O) groups is 3. The molecule has 1 fully saturated rings. The lowest BCUT2D eigenvalue weighted by Crippen LogP contribution is -2.60. The number of halogens is 3. The van der Waals surface area contributed by atoms with Crippen LogP contribution in [0.2, 0.25) is 0 Å². The number of hydrogen-bond acceptors (Lipinski definition) is 9. The van der Waals surface area contributed by atoms with Crippen molar-refractivity contribution in [3.63, 3.8) is 0 Å². The lowest BCUT2D eigenvalue weighted by molar-refractivity contribution is -0.283. The second kappa shape index (κ2) is 9.72. The van der Waals surface area contributed by atoms with Gasteiger partial charge in [0.2, 0.25) is 5.79 Å². The first kappa shape index (κ1) is 25.7. The van der Waals surface area contributed by atoms with E-state index in [-0.39, 0.29) is 13.2 Å². The molecule has 3 rings (SSSR count). The Bertz CT molecular complexity index is 941. The highest BCUT2D eigenvalue weighted by Gasteiger charge is 2.65. The summed E-state index contributed by atoms with van der Waals surface area (Å²) in [6.45, 7) is 2.31. The third-order valence-corrected chi connectivity index (χ3v) is 5.29. The van der Waals surface area contributed by atoms with Gasteiger partial charge in [0, 0.05) is 26.5 Å². The van der Waals surface area contributed by atoms with Crippen molar-refractivity contribution < 1.29 is 56.0 Å². The summed E-state index contributed by atoms with van der Waals surface area (Å²) in [6.07, 6.45) is -7.47. The second-order valence-electron chi connectivity index (χ2n) is 7.50. The fraction of sp³-hybridized carbons (Fsp3) is 0.500. The van der Waals surface area contributed by atoms with Crippen molar-refractivity contribution in [2.75, 3.05) is 20.3 Å². The largest absolute Gasteiger partial charge is 0.454 e. The molecule has 1 spiro atoms. The monoisotopic (exact) mass is 488 g/mol. The SMILES string of the molecule is CO[C@](C(=O)O[C@@H]1C=CC2(OCCO2)[C@H](OC(C)=O)[C@@H]1OC(C)=O)(c1ccccc1)C(F)(F)F. The van der Waals surface area contributed by atoms with Crippen molar-refractivity contribution in [2.24, 2.45) is 0 Å².